The summed E-state index contributed by atoms with van der Waals surface area (Å²) in [6.45, 7) is 7.99. The Labute approximate surface area is 305 Å². The van der Waals surface area contributed by atoms with Crippen LogP contribution in [-0.2, 0) is 20.7 Å². The van der Waals surface area contributed by atoms with Crippen molar-refractivity contribution in [3.63, 3.8) is 0 Å². The Morgan fingerprint density at radius 2 is 1.70 bits per heavy atom. The summed E-state index contributed by atoms with van der Waals surface area (Å²) in [5.74, 6) is -0.221. The number of imidazole rings is 1. The minimum atomic E-state index is -1.39. The number of aliphatic hydroxyl groups excluding tert-OH is 2. The number of hydrogen-bond donors (Lipinski definition) is 6. The second-order valence-electron chi connectivity index (χ2n) is 14.4. The van der Waals surface area contributed by atoms with E-state index < -0.39 is 48.2 Å². The van der Waals surface area contributed by atoms with Crippen LogP contribution >= 0.6 is 0 Å². The summed E-state index contributed by atoms with van der Waals surface area (Å²) in [5.41, 5.74) is 9.08. The first kappa shape index (κ1) is 36.1. The van der Waals surface area contributed by atoms with E-state index in [1.165, 1.54) is 10.9 Å². The van der Waals surface area contributed by atoms with Crippen molar-refractivity contribution in [1.29, 1.82) is 0 Å². The Balaban J connectivity index is 1.26. The first-order chi connectivity index (χ1) is 25.3. The van der Waals surface area contributed by atoms with Gasteiger partial charge in [0.2, 0.25) is 5.95 Å². The van der Waals surface area contributed by atoms with Crippen LogP contribution in [0, 0.1) is 5.92 Å². The maximum atomic E-state index is 13.1. The van der Waals surface area contributed by atoms with Gasteiger partial charge in [-0.25, -0.2) is 4.98 Å². The number of rotatable bonds is 10. The smallest absolute Gasteiger partial charge is 0.313 e. The summed E-state index contributed by atoms with van der Waals surface area (Å²) in [6.07, 6.45) is -3.15. The molecule has 0 amide bonds. The Morgan fingerprint density at radius 3 is 2.30 bits per heavy atom. The van der Waals surface area contributed by atoms with Crippen molar-refractivity contribution in [2.75, 3.05) is 23.3 Å². The molecule has 53 heavy (non-hydrogen) atoms. The van der Waals surface area contributed by atoms with Crippen molar-refractivity contribution in [3.8, 4) is 11.5 Å². The number of carbonyl (C=O) groups is 1. The van der Waals surface area contributed by atoms with E-state index in [9.17, 15) is 25.2 Å². The minimum absolute atomic E-state index is 0.128. The highest BCUT2D eigenvalue weighted by Gasteiger charge is 2.47. The molecule has 2 saturated heterocycles. The van der Waals surface area contributed by atoms with Gasteiger partial charge in [0.25, 0.3) is 0 Å². The summed E-state index contributed by atoms with van der Waals surface area (Å²) >= 11 is 0. The molecular formula is C37H44N8O8. The van der Waals surface area contributed by atoms with Gasteiger partial charge in [-0.15, -0.1) is 0 Å². The molecule has 16 heteroatoms. The first-order valence-corrected chi connectivity index (χ1v) is 17.6. The van der Waals surface area contributed by atoms with Crippen LogP contribution in [0.4, 0.5) is 11.8 Å². The molecule has 1 unspecified atom stereocenters. The Hall–Kier alpha value is -5.29. The zero-order valence-electron chi connectivity index (χ0n) is 29.8. The number of nitrogens with two attached hydrogens (primary N) is 1. The third-order valence-corrected chi connectivity index (χ3v) is 9.63. The van der Waals surface area contributed by atoms with E-state index in [1.54, 1.807) is 56.0 Å². The van der Waals surface area contributed by atoms with Crippen LogP contribution in [0.25, 0.3) is 11.2 Å². The van der Waals surface area contributed by atoms with Gasteiger partial charge in [0.1, 0.15) is 35.4 Å². The normalized spacial score (nSPS) is 23.3. The van der Waals surface area contributed by atoms with E-state index >= 15 is 0 Å². The number of phenols is 2. The zero-order valence-corrected chi connectivity index (χ0v) is 29.8. The number of nitrogens with zero attached hydrogens (tertiary/aromatic N) is 6. The van der Waals surface area contributed by atoms with Gasteiger partial charge in [-0.05, 0) is 69.0 Å². The molecule has 0 spiro atoms. The van der Waals surface area contributed by atoms with Crippen LogP contribution in [0.1, 0.15) is 74.9 Å². The summed E-state index contributed by atoms with van der Waals surface area (Å²) in [6, 6.07) is 15.4. The topological polar surface area (TPSA) is 227 Å². The van der Waals surface area contributed by atoms with Crippen molar-refractivity contribution in [3.05, 3.63) is 83.5 Å². The van der Waals surface area contributed by atoms with Gasteiger partial charge in [-0.2, -0.15) is 9.97 Å². The number of aromatic hydroxyl groups is 2. The number of aromatic nitrogens is 5. The number of carbonyl (C=O) groups excluding carboxylic acids is 1. The molecule has 3 aromatic heterocycles. The summed E-state index contributed by atoms with van der Waals surface area (Å²) < 4.78 is 18.8. The lowest BCUT2D eigenvalue weighted by Gasteiger charge is -2.27. The minimum Gasteiger partial charge on any atom is -0.508 e. The van der Waals surface area contributed by atoms with Gasteiger partial charge >= 0.3 is 5.97 Å². The number of anilines is 2. The Kier molecular flexibility index (Phi) is 9.71. The van der Waals surface area contributed by atoms with E-state index in [0.717, 1.165) is 11.1 Å². The van der Waals surface area contributed by atoms with E-state index in [1.807, 2.05) is 31.2 Å². The molecule has 0 aliphatic carbocycles. The quantitative estimate of drug-likeness (QED) is 0.113. The number of ether oxygens (including phenoxy) is 2. The summed E-state index contributed by atoms with van der Waals surface area (Å²) in [5, 5.41) is 49.7. The molecule has 280 valence electrons. The van der Waals surface area contributed by atoms with Gasteiger partial charge in [0.05, 0.1) is 24.1 Å². The van der Waals surface area contributed by atoms with Gasteiger partial charge < -0.3 is 50.4 Å². The van der Waals surface area contributed by atoms with Crippen LogP contribution in [0.5, 0.6) is 11.5 Å². The van der Waals surface area contributed by atoms with Gasteiger partial charge in [-0.3, -0.25) is 9.36 Å². The molecule has 6 atom stereocenters. The first-order valence-electron chi connectivity index (χ1n) is 17.6. The molecule has 2 aromatic carbocycles. The molecule has 16 nitrogen and oxygen atoms in total. The molecule has 0 radical (unpaired) electrons. The maximum absolute atomic E-state index is 13.1. The van der Waals surface area contributed by atoms with Crippen LogP contribution < -0.4 is 16.0 Å². The predicted molar refractivity (Wildman–Crippen MR) is 192 cm³/mol. The lowest BCUT2D eigenvalue weighted by Crippen LogP contribution is -2.45. The molecule has 5 aromatic rings. The third kappa shape index (κ3) is 7.22. The number of esters is 1. The van der Waals surface area contributed by atoms with Gasteiger partial charge in [0, 0.05) is 25.1 Å². The number of benzene rings is 2. The highest BCUT2D eigenvalue weighted by atomic mass is 16.6. The van der Waals surface area contributed by atoms with Crippen molar-refractivity contribution >= 4 is 28.9 Å². The van der Waals surface area contributed by atoms with Crippen molar-refractivity contribution in [2.45, 2.75) is 82.8 Å². The second-order valence-corrected chi connectivity index (χ2v) is 14.4. The number of phenolic OH excluding ortho intramolecular Hbond substituents is 2. The summed E-state index contributed by atoms with van der Waals surface area (Å²) in [4.78, 5) is 29.2. The third-order valence-electron chi connectivity index (χ3n) is 9.63. The highest BCUT2D eigenvalue weighted by molar-refractivity contribution is 5.85. The average Bonchev–Trinajstić information content (AvgIpc) is 3.92. The average molecular weight is 729 g/mol. The molecule has 7 N–H and O–H groups in total. The fourth-order valence-corrected chi connectivity index (χ4v) is 6.82. The zero-order chi connectivity index (χ0) is 37.6. The van der Waals surface area contributed by atoms with Crippen LogP contribution in [0.2, 0.25) is 0 Å². The van der Waals surface area contributed by atoms with Crippen molar-refractivity contribution in [2.24, 2.45) is 11.7 Å². The van der Waals surface area contributed by atoms with Gasteiger partial charge in [0.15, 0.2) is 29.0 Å². The highest BCUT2D eigenvalue weighted by Crippen LogP contribution is 2.41. The standard InChI is InChI=1S/C37H44N8O8/c1-5-21-16-26(53-43-21)30-28(48)29(49)34(51-30)45-18-40-27-32(39-17-25(19-6-10-22(46)11-7-19)20-8-12-23(47)13-9-20)41-36(42-33(27)45)44-15-14-24(31(44)38)35(50)52-37(2,3)4/h6-13,16,18,24-25,28-31,34,46-49H,5,14-15,17,38H2,1-4H3,(H,39,41,42)/t24?,28-,29+,30+,31+,34+/m0/s1. The van der Waals surface area contributed by atoms with E-state index in [-0.39, 0.29) is 34.8 Å². The number of hydrogen-bond acceptors (Lipinski definition) is 15. The molecule has 0 bridgehead atoms. The summed E-state index contributed by atoms with van der Waals surface area (Å²) in [7, 11) is 0. The molecule has 5 heterocycles. The number of nitrogens with one attached hydrogen (secondary N) is 1. The van der Waals surface area contributed by atoms with E-state index in [2.05, 4.69) is 15.5 Å². The molecule has 2 aliphatic heterocycles. The van der Waals surface area contributed by atoms with Gasteiger partial charge in [-0.1, -0.05) is 36.3 Å². The number of fused-ring (bicyclic) bond motifs is 1. The predicted octanol–water partition coefficient (Wildman–Crippen LogP) is 3.48. The van der Waals surface area contributed by atoms with Crippen LogP contribution in [-0.4, -0.2) is 88.1 Å². The van der Waals surface area contributed by atoms with E-state index in [0.29, 0.717) is 43.0 Å². The Morgan fingerprint density at radius 1 is 1.04 bits per heavy atom. The number of aliphatic hydroxyl groups is 2. The molecule has 2 aliphatic rings. The van der Waals surface area contributed by atoms with Crippen LogP contribution in [0.3, 0.4) is 0 Å². The maximum Gasteiger partial charge on any atom is 0.313 e. The second kappa shape index (κ2) is 14.3. The fourth-order valence-electron chi connectivity index (χ4n) is 6.82. The largest absolute Gasteiger partial charge is 0.508 e. The van der Waals surface area contributed by atoms with E-state index in [4.69, 9.17) is 29.7 Å². The fraction of sp³-hybridized carbons (Fsp3) is 0.432. The van der Waals surface area contributed by atoms with Crippen molar-refractivity contribution in [1.82, 2.24) is 24.7 Å². The molecule has 7 rings (SSSR count). The van der Waals surface area contributed by atoms with Crippen LogP contribution in [0.15, 0.2) is 65.4 Å². The van der Waals surface area contributed by atoms with Crippen molar-refractivity contribution < 1.29 is 39.2 Å². The Bertz CT molecular complexity index is 2020. The molecule has 2 fully saturated rings. The molecule has 0 saturated carbocycles. The SMILES string of the molecule is CCc1cc([C@H]2O[C@@H](n3cnc4c(NCC(c5ccc(O)cc5)c5ccc(O)cc5)nc(N5CCC(C(=O)OC(C)(C)C)[C@@H]5N)nc43)[C@H](O)[C@@H]2O)on1. The monoisotopic (exact) mass is 728 g/mol. The molecular weight excluding hydrogens is 684 g/mol. The lowest BCUT2D eigenvalue weighted by atomic mass is 9.91. The number of aryl methyl sites for hydroxylation is 1. The lowest BCUT2D eigenvalue weighted by molar-refractivity contribution is -0.160.